The van der Waals surface area contributed by atoms with Crippen LogP contribution in [-0.2, 0) is 21.4 Å². The molecule has 0 aliphatic carbocycles. The van der Waals surface area contributed by atoms with Gasteiger partial charge >= 0.3 is 0 Å². The van der Waals surface area contributed by atoms with Crippen LogP contribution in [0.3, 0.4) is 0 Å². The predicted molar refractivity (Wildman–Crippen MR) is 133 cm³/mol. The van der Waals surface area contributed by atoms with E-state index in [1.807, 2.05) is 74.5 Å². The molecule has 6 nitrogen and oxygen atoms in total. The largest absolute Gasteiger partial charge is 0.333 e. The molecular weight excluding hydrogens is 412 g/mol. The highest BCUT2D eigenvalue weighted by molar-refractivity contribution is 5.94. The van der Waals surface area contributed by atoms with Crippen molar-refractivity contribution < 1.29 is 9.59 Å². The van der Waals surface area contributed by atoms with E-state index in [0.717, 1.165) is 28.9 Å². The lowest BCUT2D eigenvalue weighted by atomic mass is 9.92. The Balaban J connectivity index is 1.79. The fraction of sp³-hybridized carbons (Fsp3) is 0.370. The molecule has 1 heterocycles. The number of amides is 2. The quantitative estimate of drug-likeness (QED) is 0.535. The summed E-state index contributed by atoms with van der Waals surface area (Å²) < 4.78 is 1.76. The lowest BCUT2D eigenvalue weighted by molar-refractivity contribution is -0.134. The summed E-state index contributed by atoms with van der Waals surface area (Å²) in [6.45, 7) is 10.8. The monoisotopic (exact) mass is 446 g/mol. The molecule has 174 valence electrons. The van der Waals surface area contributed by atoms with E-state index in [1.165, 1.54) is 0 Å². The molecule has 0 radical (unpaired) electrons. The highest BCUT2D eigenvalue weighted by atomic mass is 16.2. The first-order chi connectivity index (χ1) is 15.7. The van der Waals surface area contributed by atoms with Crippen molar-refractivity contribution >= 4 is 17.6 Å². The summed E-state index contributed by atoms with van der Waals surface area (Å²) in [5.74, 6) is 0.306. The van der Waals surface area contributed by atoms with Crippen LogP contribution in [0.25, 0.3) is 5.69 Å². The van der Waals surface area contributed by atoms with Crippen molar-refractivity contribution in [2.75, 3.05) is 18.4 Å². The zero-order valence-corrected chi connectivity index (χ0v) is 20.3. The van der Waals surface area contributed by atoms with E-state index in [-0.39, 0.29) is 30.2 Å². The average Bonchev–Trinajstić information content (AvgIpc) is 3.19. The maximum absolute atomic E-state index is 13.0. The molecule has 0 bridgehead atoms. The summed E-state index contributed by atoms with van der Waals surface area (Å²) in [6, 6.07) is 19.5. The summed E-state index contributed by atoms with van der Waals surface area (Å²) in [5, 5.41) is 7.75. The molecule has 0 aliphatic rings. The fourth-order valence-corrected chi connectivity index (χ4v) is 3.52. The van der Waals surface area contributed by atoms with Crippen LogP contribution in [0.4, 0.5) is 5.82 Å². The Bertz CT molecular complexity index is 1080. The lowest BCUT2D eigenvalue weighted by Crippen LogP contribution is -2.39. The van der Waals surface area contributed by atoms with Gasteiger partial charge in [0.25, 0.3) is 0 Å². The maximum Gasteiger partial charge on any atom is 0.245 e. The van der Waals surface area contributed by atoms with Crippen molar-refractivity contribution in [3.05, 3.63) is 77.5 Å². The molecule has 2 aromatic carbocycles. The van der Waals surface area contributed by atoms with Crippen LogP contribution < -0.4 is 5.32 Å². The average molecular weight is 447 g/mol. The summed E-state index contributed by atoms with van der Waals surface area (Å²) >= 11 is 0. The van der Waals surface area contributed by atoms with Crippen molar-refractivity contribution in [1.29, 1.82) is 0 Å². The van der Waals surface area contributed by atoms with Crippen molar-refractivity contribution in [2.45, 2.75) is 52.9 Å². The second kappa shape index (κ2) is 10.5. The van der Waals surface area contributed by atoms with E-state index in [2.05, 4.69) is 26.1 Å². The van der Waals surface area contributed by atoms with Gasteiger partial charge in [-0.05, 0) is 31.0 Å². The Morgan fingerprint density at radius 2 is 1.70 bits per heavy atom. The third-order valence-corrected chi connectivity index (χ3v) is 5.40. The van der Waals surface area contributed by atoms with Gasteiger partial charge in [-0.1, -0.05) is 75.7 Å². The van der Waals surface area contributed by atoms with Crippen molar-refractivity contribution in [2.24, 2.45) is 0 Å². The van der Waals surface area contributed by atoms with Crippen LogP contribution in [0.2, 0.25) is 0 Å². The lowest BCUT2D eigenvalue weighted by Gasteiger charge is -2.22. The first-order valence-electron chi connectivity index (χ1n) is 11.5. The fourth-order valence-electron chi connectivity index (χ4n) is 3.52. The van der Waals surface area contributed by atoms with E-state index in [9.17, 15) is 9.59 Å². The molecule has 0 fully saturated rings. The van der Waals surface area contributed by atoms with Crippen LogP contribution in [0.1, 0.15) is 50.9 Å². The van der Waals surface area contributed by atoms with Gasteiger partial charge in [-0.3, -0.25) is 9.59 Å². The molecule has 1 aromatic heterocycles. The number of aromatic nitrogens is 2. The first kappa shape index (κ1) is 24.2. The third-order valence-electron chi connectivity index (χ3n) is 5.40. The number of benzene rings is 2. The Morgan fingerprint density at radius 1 is 1.03 bits per heavy atom. The normalized spacial score (nSPS) is 11.3. The minimum Gasteiger partial charge on any atom is -0.333 e. The number of anilines is 1. The van der Waals surface area contributed by atoms with Crippen LogP contribution in [0.5, 0.6) is 0 Å². The number of nitrogens with one attached hydrogen (secondary N) is 1. The Labute approximate surface area is 196 Å². The van der Waals surface area contributed by atoms with E-state index < -0.39 is 0 Å². The van der Waals surface area contributed by atoms with Crippen molar-refractivity contribution in [1.82, 2.24) is 14.7 Å². The van der Waals surface area contributed by atoms with Gasteiger partial charge in [-0.15, -0.1) is 0 Å². The molecule has 0 aliphatic heterocycles. The van der Waals surface area contributed by atoms with Gasteiger partial charge in [-0.2, -0.15) is 5.10 Å². The van der Waals surface area contributed by atoms with Crippen LogP contribution >= 0.6 is 0 Å². The number of hydrogen-bond donors (Lipinski definition) is 1. The number of aryl methyl sites for hydroxylation is 1. The Morgan fingerprint density at radius 3 is 2.30 bits per heavy atom. The van der Waals surface area contributed by atoms with Crippen molar-refractivity contribution in [3.8, 4) is 5.69 Å². The van der Waals surface area contributed by atoms with Gasteiger partial charge in [0.2, 0.25) is 11.8 Å². The highest BCUT2D eigenvalue weighted by Gasteiger charge is 2.23. The van der Waals surface area contributed by atoms with E-state index >= 15 is 0 Å². The molecule has 0 saturated carbocycles. The van der Waals surface area contributed by atoms with Crippen LogP contribution in [0, 0.1) is 6.92 Å². The number of carbonyl (C=O) groups is 2. The molecule has 1 N–H and O–H groups in total. The van der Waals surface area contributed by atoms with Gasteiger partial charge in [0.05, 0.1) is 24.3 Å². The zero-order valence-electron chi connectivity index (χ0n) is 20.3. The summed E-state index contributed by atoms with van der Waals surface area (Å²) in [5.41, 5.74) is 3.67. The van der Waals surface area contributed by atoms with Gasteiger partial charge in [0.15, 0.2) is 0 Å². The highest BCUT2D eigenvalue weighted by Crippen LogP contribution is 2.26. The SMILES string of the molecule is CCCN(CC(=O)Nc1cc(C(C)(C)C)nn1-c1ccc(C)cc1)C(=O)Cc1ccccc1. The Hall–Kier alpha value is -3.41. The molecule has 0 saturated heterocycles. The van der Waals surface area contributed by atoms with Gasteiger partial charge < -0.3 is 10.2 Å². The van der Waals surface area contributed by atoms with Gasteiger partial charge in [0.1, 0.15) is 5.82 Å². The molecule has 0 atom stereocenters. The topological polar surface area (TPSA) is 67.2 Å². The van der Waals surface area contributed by atoms with E-state index in [4.69, 9.17) is 5.10 Å². The maximum atomic E-state index is 13.0. The summed E-state index contributed by atoms with van der Waals surface area (Å²) in [4.78, 5) is 27.5. The molecular formula is C27H34N4O2. The minimum absolute atomic E-state index is 0.00341. The number of hydrogen-bond acceptors (Lipinski definition) is 3. The first-order valence-corrected chi connectivity index (χ1v) is 11.5. The second-order valence-corrected chi connectivity index (χ2v) is 9.44. The number of carbonyl (C=O) groups excluding carboxylic acids is 2. The smallest absolute Gasteiger partial charge is 0.245 e. The molecule has 6 heteroatoms. The predicted octanol–water partition coefficient (Wildman–Crippen LogP) is 4.90. The van der Waals surface area contributed by atoms with Gasteiger partial charge in [-0.25, -0.2) is 4.68 Å². The minimum atomic E-state index is -0.237. The third kappa shape index (κ3) is 6.54. The molecule has 2 amide bonds. The zero-order chi connectivity index (χ0) is 24.0. The summed E-state index contributed by atoms with van der Waals surface area (Å²) in [6.07, 6.45) is 1.06. The van der Waals surface area contributed by atoms with Crippen LogP contribution in [-0.4, -0.2) is 39.6 Å². The number of rotatable bonds is 8. The number of nitrogens with zero attached hydrogens (tertiary/aromatic N) is 3. The van der Waals surface area contributed by atoms with Crippen molar-refractivity contribution in [3.63, 3.8) is 0 Å². The molecule has 0 spiro atoms. The van der Waals surface area contributed by atoms with E-state index in [1.54, 1.807) is 9.58 Å². The molecule has 3 aromatic rings. The standard InChI is InChI=1S/C27H34N4O2/c1-6-16-30(26(33)17-21-10-8-7-9-11-21)19-25(32)28-24-18-23(27(3,4)5)29-31(24)22-14-12-20(2)13-15-22/h7-15,18H,6,16-17,19H2,1-5H3,(H,28,32). The Kier molecular flexibility index (Phi) is 7.69. The van der Waals surface area contributed by atoms with E-state index in [0.29, 0.717) is 12.4 Å². The van der Waals surface area contributed by atoms with Gasteiger partial charge in [0, 0.05) is 18.0 Å². The second-order valence-electron chi connectivity index (χ2n) is 9.44. The summed E-state index contributed by atoms with van der Waals surface area (Å²) in [7, 11) is 0. The molecule has 33 heavy (non-hydrogen) atoms. The molecule has 0 unspecified atom stereocenters. The molecule has 3 rings (SSSR count). The van der Waals surface area contributed by atoms with Crippen LogP contribution in [0.15, 0.2) is 60.7 Å².